The molecule has 0 radical (unpaired) electrons. The van der Waals surface area contributed by atoms with E-state index in [1.54, 1.807) is 24.3 Å². The largest absolute Gasteiger partial charge is 0.288 e. The molecule has 0 unspecified atom stereocenters. The molecule has 1 atom stereocenters. The van der Waals surface area contributed by atoms with Crippen molar-refractivity contribution in [3.05, 3.63) is 95.1 Å². The quantitative estimate of drug-likeness (QED) is 0.582. The van der Waals surface area contributed by atoms with Gasteiger partial charge < -0.3 is 0 Å². The van der Waals surface area contributed by atoms with E-state index in [0.29, 0.717) is 5.75 Å². The molecular formula is C22H23NO2S2. The molecule has 0 bridgehead atoms. The van der Waals surface area contributed by atoms with Crippen LogP contribution in [-0.4, -0.2) is 8.42 Å². The first-order valence-corrected chi connectivity index (χ1v) is 11.5. The van der Waals surface area contributed by atoms with Crippen LogP contribution in [0.2, 0.25) is 0 Å². The van der Waals surface area contributed by atoms with Crippen molar-refractivity contribution in [2.75, 3.05) is 0 Å². The number of rotatable bonds is 5. The van der Waals surface area contributed by atoms with Crippen LogP contribution < -0.4 is 0 Å². The third kappa shape index (κ3) is 4.73. The zero-order valence-electron chi connectivity index (χ0n) is 15.7. The van der Waals surface area contributed by atoms with Crippen molar-refractivity contribution in [3.8, 4) is 0 Å². The Labute approximate surface area is 164 Å². The maximum absolute atomic E-state index is 13.0. The molecule has 140 valence electrons. The normalized spacial score (nSPS) is 12.9. The molecule has 3 aromatic rings. The summed E-state index contributed by atoms with van der Waals surface area (Å²) in [5.41, 5.74) is 4.23. The summed E-state index contributed by atoms with van der Waals surface area (Å²) in [4.78, 5) is 1.25. The summed E-state index contributed by atoms with van der Waals surface area (Å²) in [5, 5.41) is 0. The lowest BCUT2D eigenvalue weighted by Crippen LogP contribution is -2.06. The molecule has 3 rings (SSSR count). The fraction of sp³-hybridized carbons (Fsp3) is 0.182. The summed E-state index contributed by atoms with van der Waals surface area (Å²) in [7, 11) is -4.54. The third-order valence-electron chi connectivity index (χ3n) is 4.30. The lowest BCUT2D eigenvalue weighted by Gasteiger charge is -2.14. The monoisotopic (exact) mass is 397 g/mol. The van der Waals surface area contributed by atoms with Gasteiger partial charge in [0.15, 0.2) is 0 Å². The van der Waals surface area contributed by atoms with Gasteiger partial charge in [0.05, 0.1) is 4.90 Å². The number of benzene rings is 3. The number of hydrogen-bond donors (Lipinski definition) is 0. The van der Waals surface area contributed by atoms with Crippen LogP contribution in [0.1, 0.15) is 22.3 Å². The second-order valence-electron chi connectivity index (χ2n) is 6.58. The van der Waals surface area contributed by atoms with Gasteiger partial charge in [-0.05, 0) is 60.3 Å². The van der Waals surface area contributed by atoms with Crippen molar-refractivity contribution in [1.29, 1.82) is 0 Å². The molecule has 0 saturated carbocycles. The number of sulfonamides is 1. The van der Waals surface area contributed by atoms with Gasteiger partial charge in [0.25, 0.3) is 10.0 Å². The Bertz CT molecular complexity index is 1050. The summed E-state index contributed by atoms with van der Waals surface area (Å²) in [6.45, 7) is 5.97. The molecule has 0 saturated heterocycles. The molecule has 0 aliphatic heterocycles. The van der Waals surface area contributed by atoms with Gasteiger partial charge in [0, 0.05) is 10.6 Å². The minimum absolute atomic E-state index is 0.241. The van der Waals surface area contributed by atoms with Gasteiger partial charge in [-0.25, -0.2) is 0 Å². The van der Waals surface area contributed by atoms with Gasteiger partial charge in [0.1, 0.15) is 0 Å². The molecule has 0 aliphatic rings. The van der Waals surface area contributed by atoms with E-state index in [9.17, 15) is 8.42 Å². The van der Waals surface area contributed by atoms with Crippen LogP contribution in [0.25, 0.3) is 0 Å². The SMILES string of the molecule is Cc1ccc(S(=O)(=O)N=[S@](Cc2ccccc2)c2c(C)cccc2C)cc1. The summed E-state index contributed by atoms with van der Waals surface area (Å²) >= 11 is 0. The number of aryl methyl sites for hydroxylation is 3. The molecule has 0 heterocycles. The van der Waals surface area contributed by atoms with Crippen molar-refractivity contribution in [2.45, 2.75) is 36.3 Å². The lowest BCUT2D eigenvalue weighted by atomic mass is 10.2. The molecule has 0 N–H and O–H groups in total. The minimum Gasteiger partial charge on any atom is -0.199 e. The van der Waals surface area contributed by atoms with Gasteiger partial charge in [0.2, 0.25) is 0 Å². The van der Waals surface area contributed by atoms with E-state index < -0.39 is 20.7 Å². The van der Waals surface area contributed by atoms with E-state index in [4.69, 9.17) is 0 Å². The first-order valence-electron chi connectivity index (χ1n) is 8.73. The predicted molar refractivity (Wildman–Crippen MR) is 112 cm³/mol. The van der Waals surface area contributed by atoms with Crippen molar-refractivity contribution >= 4 is 20.7 Å². The molecule has 3 nitrogen and oxygen atoms in total. The molecular weight excluding hydrogens is 374 g/mol. The first-order chi connectivity index (χ1) is 12.9. The van der Waals surface area contributed by atoms with E-state index >= 15 is 0 Å². The van der Waals surface area contributed by atoms with Crippen LogP contribution in [0.5, 0.6) is 0 Å². The Balaban J connectivity index is 2.14. The van der Waals surface area contributed by atoms with E-state index in [2.05, 4.69) is 3.77 Å². The van der Waals surface area contributed by atoms with Gasteiger partial charge in [-0.15, -0.1) is 3.77 Å². The van der Waals surface area contributed by atoms with Crippen LogP contribution in [0.4, 0.5) is 0 Å². The Hall–Kier alpha value is -2.24. The molecule has 5 heteroatoms. The van der Waals surface area contributed by atoms with Crippen LogP contribution >= 0.6 is 0 Å². The summed E-state index contributed by atoms with van der Waals surface area (Å²) in [5.74, 6) is 0.567. The second kappa shape index (κ2) is 8.19. The van der Waals surface area contributed by atoms with E-state index in [1.807, 2.05) is 69.3 Å². The average molecular weight is 398 g/mol. The highest BCUT2D eigenvalue weighted by atomic mass is 32.3. The lowest BCUT2D eigenvalue weighted by molar-refractivity contribution is 0.598. The van der Waals surface area contributed by atoms with Gasteiger partial charge >= 0.3 is 0 Å². The topological polar surface area (TPSA) is 46.5 Å². The Kier molecular flexibility index (Phi) is 5.92. The highest BCUT2D eigenvalue weighted by Crippen LogP contribution is 2.25. The zero-order valence-corrected chi connectivity index (χ0v) is 17.3. The summed E-state index contributed by atoms with van der Waals surface area (Å²) in [6.07, 6.45) is 0. The molecule has 0 aliphatic carbocycles. The number of hydrogen-bond acceptors (Lipinski definition) is 2. The van der Waals surface area contributed by atoms with Gasteiger partial charge in [-0.3, -0.25) is 0 Å². The summed E-state index contributed by atoms with van der Waals surface area (Å²) in [6, 6.07) is 22.8. The van der Waals surface area contributed by atoms with Gasteiger partial charge in [-0.2, -0.15) is 8.42 Å². The van der Waals surface area contributed by atoms with Crippen LogP contribution in [0, 0.1) is 20.8 Å². The fourth-order valence-electron chi connectivity index (χ4n) is 2.91. The maximum atomic E-state index is 13.0. The Morgan fingerprint density at radius 1 is 0.778 bits per heavy atom. The second-order valence-corrected chi connectivity index (χ2v) is 10.0. The van der Waals surface area contributed by atoms with Crippen molar-refractivity contribution in [1.82, 2.24) is 0 Å². The average Bonchev–Trinajstić information content (AvgIpc) is 2.62. The highest BCUT2D eigenvalue weighted by Gasteiger charge is 2.17. The Morgan fingerprint density at radius 2 is 1.37 bits per heavy atom. The van der Waals surface area contributed by atoms with Crippen molar-refractivity contribution in [3.63, 3.8) is 0 Å². The maximum Gasteiger partial charge on any atom is 0.288 e. The number of nitrogens with zero attached hydrogens (tertiary/aromatic N) is 1. The smallest absolute Gasteiger partial charge is 0.199 e. The molecule has 0 fully saturated rings. The van der Waals surface area contributed by atoms with E-state index in [-0.39, 0.29) is 4.90 Å². The van der Waals surface area contributed by atoms with Crippen molar-refractivity contribution in [2.24, 2.45) is 3.77 Å². The zero-order chi connectivity index (χ0) is 19.4. The van der Waals surface area contributed by atoms with E-state index in [0.717, 1.165) is 27.1 Å². The molecule has 0 spiro atoms. The van der Waals surface area contributed by atoms with Crippen molar-refractivity contribution < 1.29 is 8.42 Å². The van der Waals surface area contributed by atoms with Crippen LogP contribution in [0.15, 0.2) is 86.4 Å². The predicted octanol–water partition coefficient (Wildman–Crippen LogP) is 5.36. The third-order valence-corrected chi connectivity index (χ3v) is 8.39. The first kappa shape index (κ1) is 19.5. The molecule has 0 aromatic heterocycles. The van der Waals surface area contributed by atoms with Gasteiger partial charge in [-0.1, -0.05) is 66.2 Å². The summed E-state index contributed by atoms with van der Waals surface area (Å²) < 4.78 is 30.4. The molecule has 0 amide bonds. The standard InChI is InChI=1S/C22H23NO2S2/c1-17-12-14-21(15-13-17)27(24,25)23-26(16-20-10-5-4-6-11-20)22-18(2)8-7-9-19(22)3/h4-15H,16H2,1-3H3/t26-/m1/s1. The van der Waals surface area contributed by atoms with Crippen LogP contribution in [0.3, 0.4) is 0 Å². The highest BCUT2D eigenvalue weighted by molar-refractivity contribution is 7.99. The molecule has 27 heavy (non-hydrogen) atoms. The Morgan fingerprint density at radius 3 is 1.96 bits per heavy atom. The van der Waals surface area contributed by atoms with E-state index in [1.165, 1.54) is 0 Å². The van der Waals surface area contributed by atoms with Crippen LogP contribution in [-0.2, 0) is 26.5 Å². The minimum atomic E-state index is -3.74. The molecule has 3 aromatic carbocycles. The fourth-order valence-corrected chi connectivity index (χ4v) is 6.72.